The standard InChI is InChI=1S/C17H31BNO5P/c1-10(9-25)14(21)19-12(3)13(20)8-11(2)18-23-15(22)16(4,5)17(6,7)24-18/h10-12H,8-9,25H2,1-7H3,(H,19,21)/t10?,11-,12?/m1/s1. The lowest BCUT2D eigenvalue weighted by atomic mass is 9.64. The Morgan fingerprint density at radius 1 is 1.20 bits per heavy atom. The minimum atomic E-state index is -0.770. The maximum Gasteiger partial charge on any atom is 0.531 e. The molecule has 4 atom stereocenters. The van der Waals surface area contributed by atoms with Crippen LogP contribution < -0.4 is 5.32 Å². The van der Waals surface area contributed by atoms with Crippen LogP contribution in [0.2, 0.25) is 5.82 Å². The van der Waals surface area contributed by atoms with Gasteiger partial charge in [-0.2, -0.15) is 0 Å². The molecule has 0 aromatic rings. The highest BCUT2D eigenvalue weighted by molar-refractivity contribution is 7.16. The van der Waals surface area contributed by atoms with Gasteiger partial charge in [0.2, 0.25) is 5.91 Å². The SMILES string of the molecule is CC(CP)C(=O)NC(C)C(=O)C[C@@H](C)B1OC(=O)C(C)(C)C(C)(C)O1. The van der Waals surface area contributed by atoms with E-state index in [9.17, 15) is 14.4 Å². The van der Waals surface area contributed by atoms with Crippen molar-refractivity contribution in [2.75, 3.05) is 6.16 Å². The molecule has 1 amide bonds. The highest BCUT2D eigenvalue weighted by Crippen LogP contribution is 2.41. The summed E-state index contributed by atoms with van der Waals surface area (Å²) in [7, 11) is 1.74. The van der Waals surface area contributed by atoms with Gasteiger partial charge < -0.3 is 14.6 Å². The first kappa shape index (κ1) is 22.1. The summed E-state index contributed by atoms with van der Waals surface area (Å²) in [5.74, 6) is -1.05. The topological polar surface area (TPSA) is 81.7 Å². The summed E-state index contributed by atoms with van der Waals surface area (Å²) in [6.07, 6.45) is 0.797. The van der Waals surface area contributed by atoms with Crippen molar-refractivity contribution in [2.45, 2.75) is 72.3 Å². The van der Waals surface area contributed by atoms with E-state index in [2.05, 4.69) is 14.6 Å². The second-order valence-electron chi connectivity index (χ2n) is 8.04. The Bertz CT molecular complexity index is 537. The van der Waals surface area contributed by atoms with Gasteiger partial charge >= 0.3 is 7.12 Å². The number of Topliss-reactive ketones (excluding diaryl/α,β-unsaturated/α-hetero) is 1. The summed E-state index contributed by atoms with van der Waals surface area (Å²) in [5, 5.41) is 2.73. The third kappa shape index (κ3) is 5.04. The molecule has 0 saturated carbocycles. The zero-order valence-electron chi connectivity index (χ0n) is 16.3. The molecule has 0 radical (unpaired) electrons. The summed E-state index contributed by atoms with van der Waals surface area (Å²) in [6, 6.07) is -0.585. The van der Waals surface area contributed by atoms with E-state index in [4.69, 9.17) is 9.31 Å². The predicted molar refractivity (Wildman–Crippen MR) is 101 cm³/mol. The van der Waals surface area contributed by atoms with Crippen LogP contribution in [0.1, 0.15) is 54.9 Å². The van der Waals surface area contributed by atoms with Gasteiger partial charge in [-0.3, -0.25) is 14.4 Å². The third-order valence-electron chi connectivity index (χ3n) is 5.28. The van der Waals surface area contributed by atoms with Gasteiger partial charge in [-0.1, -0.05) is 13.8 Å². The van der Waals surface area contributed by atoms with Gasteiger partial charge in [-0.05, 0) is 40.8 Å². The molecule has 1 fully saturated rings. The van der Waals surface area contributed by atoms with Crippen molar-refractivity contribution in [3.8, 4) is 0 Å². The smallest absolute Gasteiger partial charge is 0.509 e. The van der Waals surface area contributed by atoms with E-state index >= 15 is 0 Å². The Morgan fingerprint density at radius 3 is 2.24 bits per heavy atom. The van der Waals surface area contributed by atoms with Gasteiger partial charge in [-0.25, -0.2) is 0 Å². The lowest BCUT2D eigenvalue weighted by Gasteiger charge is -2.46. The lowest BCUT2D eigenvalue weighted by Crippen LogP contribution is -2.58. The molecule has 6 nitrogen and oxygen atoms in total. The van der Waals surface area contributed by atoms with E-state index in [0.717, 1.165) is 0 Å². The number of hydrogen-bond acceptors (Lipinski definition) is 5. The van der Waals surface area contributed by atoms with Gasteiger partial charge in [0, 0.05) is 18.2 Å². The molecule has 0 aromatic carbocycles. The van der Waals surface area contributed by atoms with Crippen LogP contribution in [0.4, 0.5) is 0 Å². The van der Waals surface area contributed by atoms with Crippen LogP contribution in [-0.4, -0.2) is 42.6 Å². The van der Waals surface area contributed by atoms with E-state index in [-0.39, 0.29) is 35.8 Å². The molecule has 25 heavy (non-hydrogen) atoms. The molecule has 1 aliphatic rings. The fourth-order valence-electron chi connectivity index (χ4n) is 2.33. The molecular weight excluding hydrogens is 340 g/mol. The molecule has 1 heterocycles. The van der Waals surface area contributed by atoms with Crippen LogP contribution in [0.5, 0.6) is 0 Å². The molecule has 142 valence electrons. The minimum Gasteiger partial charge on any atom is -0.509 e. The van der Waals surface area contributed by atoms with Crippen LogP contribution in [0.25, 0.3) is 0 Å². The maximum absolute atomic E-state index is 12.4. The van der Waals surface area contributed by atoms with Gasteiger partial charge in [0.25, 0.3) is 5.97 Å². The molecule has 1 rings (SSSR count). The van der Waals surface area contributed by atoms with Crippen molar-refractivity contribution in [1.82, 2.24) is 5.32 Å². The second kappa shape index (κ2) is 8.17. The summed E-state index contributed by atoms with van der Waals surface area (Å²) >= 11 is 0. The number of nitrogens with one attached hydrogen (secondary N) is 1. The molecule has 0 bridgehead atoms. The minimum absolute atomic E-state index is 0.112. The predicted octanol–water partition coefficient (Wildman–Crippen LogP) is 2.22. The zero-order valence-corrected chi connectivity index (χ0v) is 17.5. The normalized spacial score (nSPS) is 22.6. The number of ketones is 1. The van der Waals surface area contributed by atoms with Crippen molar-refractivity contribution < 1.29 is 23.7 Å². The van der Waals surface area contributed by atoms with Crippen LogP contribution in [0.3, 0.4) is 0 Å². The molecule has 1 aliphatic heterocycles. The van der Waals surface area contributed by atoms with Crippen LogP contribution in [-0.2, 0) is 23.7 Å². The molecular formula is C17H31BNO5P. The average molecular weight is 371 g/mol. The highest BCUT2D eigenvalue weighted by Gasteiger charge is 2.54. The fourth-order valence-corrected chi connectivity index (χ4v) is 2.54. The Labute approximate surface area is 153 Å². The Kier molecular flexibility index (Phi) is 7.23. The summed E-state index contributed by atoms with van der Waals surface area (Å²) in [6.45, 7) is 12.6. The van der Waals surface area contributed by atoms with Gasteiger partial charge in [0.15, 0.2) is 5.78 Å². The summed E-state index contributed by atoms with van der Waals surface area (Å²) in [4.78, 5) is 36.6. The number of carbonyl (C=O) groups excluding carboxylic acids is 3. The first-order chi connectivity index (χ1) is 11.3. The third-order valence-corrected chi connectivity index (χ3v) is 5.99. The molecule has 1 N–H and O–H groups in total. The van der Waals surface area contributed by atoms with Crippen molar-refractivity contribution in [3.63, 3.8) is 0 Å². The van der Waals surface area contributed by atoms with Crippen LogP contribution in [0, 0.1) is 11.3 Å². The average Bonchev–Trinajstić information content (AvgIpc) is 2.51. The molecule has 0 spiro atoms. The van der Waals surface area contributed by atoms with E-state index in [1.807, 2.05) is 20.8 Å². The lowest BCUT2D eigenvalue weighted by molar-refractivity contribution is -0.170. The molecule has 0 aromatic heterocycles. The molecule has 8 heteroatoms. The van der Waals surface area contributed by atoms with Gasteiger partial charge in [0.05, 0.1) is 17.1 Å². The Balaban J connectivity index is 2.67. The number of amides is 1. The van der Waals surface area contributed by atoms with E-state index in [1.54, 1.807) is 27.7 Å². The Hall–Kier alpha value is -0.935. The van der Waals surface area contributed by atoms with Crippen molar-refractivity contribution in [3.05, 3.63) is 0 Å². The van der Waals surface area contributed by atoms with E-state index in [0.29, 0.717) is 6.16 Å². The van der Waals surface area contributed by atoms with Crippen molar-refractivity contribution in [2.24, 2.45) is 11.3 Å². The maximum atomic E-state index is 12.4. The van der Waals surface area contributed by atoms with Gasteiger partial charge in [0.1, 0.15) is 0 Å². The molecule has 3 unspecified atom stereocenters. The largest absolute Gasteiger partial charge is 0.531 e. The van der Waals surface area contributed by atoms with E-state index < -0.39 is 24.2 Å². The highest BCUT2D eigenvalue weighted by atomic mass is 31.0. The fraction of sp³-hybridized carbons (Fsp3) is 0.824. The molecule has 1 saturated heterocycles. The summed E-state index contributed by atoms with van der Waals surface area (Å²) in [5.41, 5.74) is -1.46. The van der Waals surface area contributed by atoms with Crippen molar-refractivity contribution in [1.29, 1.82) is 0 Å². The first-order valence-corrected chi connectivity index (χ1v) is 9.57. The van der Waals surface area contributed by atoms with Crippen LogP contribution >= 0.6 is 9.24 Å². The van der Waals surface area contributed by atoms with Crippen molar-refractivity contribution >= 4 is 34.0 Å². The quantitative estimate of drug-likeness (QED) is 0.548. The number of carbonyl (C=O) groups is 3. The summed E-state index contributed by atoms with van der Waals surface area (Å²) < 4.78 is 11.4. The van der Waals surface area contributed by atoms with Gasteiger partial charge in [-0.15, -0.1) is 9.24 Å². The number of hydrogen-bond donors (Lipinski definition) is 1. The monoisotopic (exact) mass is 371 g/mol. The first-order valence-electron chi connectivity index (χ1n) is 8.75. The molecule has 0 aliphatic carbocycles. The second-order valence-corrected chi connectivity index (χ2v) is 8.51. The zero-order chi connectivity index (χ0) is 19.6. The number of rotatable bonds is 7. The van der Waals surface area contributed by atoms with Crippen LogP contribution in [0.15, 0.2) is 0 Å². The van der Waals surface area contributed by atoms with E-state index in [1.165, 1.54) is 0 Å². The Morgan fingerprint density at radius 2 is 1.76 bits per heavy atom.